The van der Waals surface area contributed by atoms with Crippen LogP contribution in [-0.2, 0) is 9.47 Å². The molecular formula is C16H25NO3. The minimum Gasteiger partial charge on any atom is -0.351 e. The summed E-state index contributed by atoms with van der Waals surface area (Å²) in [5.41, 5.74) is 3.88. The summed E-state index contributed by atoms with van der Waals surface area (Å²) < 4.78 is 10.8. The lowest BCUT2D eigenvalue weighted by Gasteiger charge is -2.18. The highest BCUT2D eigenvalue weighted by Gasteiger charge is 2.15. The second-order valence-electron chi connectivity index (χ2n) is 4.82. The summed E-state index contributed by atoms with van der Waals surface area (Å²) in [5, 5.41) is 2.88. The predicted octanol–water partition coefficient (Wildman–Crippen LogP) is 2.74. The second kappa shape index (κ2) is 8.02. The molecule has 0 aliphatic rings. The number of amides is 1. The van der Waals surface area contributed by atoms with E-state index < -0.39 is 0 Å². The Morgan fingerprint density at radius 3 is 2.05 bits per heavy atom. The molecule has 0 radical (unpaired) electrons. The first-order valence-electron chi connectivity index (χ1n) is 7.08. The monoisotopic (exact) mass is 279 g/mol. The molecule has 0 saturated carbocycles. The van der Waals surface area contributed by atoms with E-state index in [1.807, 2.05) is 46.8 Å². The van der Waals surface area contributed by atoms with Gasteiger partial charge in [-0.3, -0.25) is 4.79 Å². The SMILES string of the molecule is CCOC(CNC(=O)c1c(C)cc(C)cc1C)OCC. The van der Waals surface area contributed by atoms with E-state index in [0.29, 0.717) is 19.8 Å². The first-order chi connectivity index (χ1) is 9.49. The zero-order valence-electron chi connectivity index (χ0n) is 13.1. The maximum atomic E-state index is 12.3. The number of benzene rings is 1. The van der Waals surface area contributed by atoms with E-state index in [1.54, 1.807) is 0 Å². The van der Waals surface area contributed by atoms with Crippen molar-refractivity contribution in [1.82, 2.24) is 5.32 Å². The van der Waals surface area contributed by atoms with Crippen molar-refractivity contribution in [2.24, 2.45) is 0 Å². The quantitative estimate of drug-likeness (QED) is 0.781. The third-order valence-corrected chi connectivity index (χ3v) is 3.04. The number of ether oxygens (including phenoxy) is 2. The zero-order valence-corrected chi connectivity index (χ0v) is 13.1. The van der Waals surface area contributed by atoms with Crippen LogP contribution in [0.2, 0.25) is 0 Å². The average molecular weight is 279 g/mol. The van der Waals surface area contributed by atoms with Crippen LogP contribution in [0, 0.1) is 20.8 Å². The minimum atomic E-state index is -0.389. The van der Waals surface area contributed by atoms with Gasteiger partial charge in [0.1, 0.15) is 0 Å². The highest BCUT2D eigenvalue weighted by Crippen LogP contribution is 2.16. The van der Waals surface area contributed by atoms with Gasteiger partial charge in [0.2, 0.25) is 0 Å². The largest absolute Gasteiger partial charge is 0.351 e. The number of carbonyl (C=O) groups is 1. The lowest BCUT2D eigenvalue weighted by Crippen LogP contribution is -2.36. The van der Waals surface area contributed by atoms with E-state index in [9.17, 15) is 4.79 Å². The standard InChI is InChI=1S/C16H25NO3/c1-6-19-14(20-7-2)10-17-16(18)15-12(4)8-11(3)9-13(15)5/h8-9,14H,6-7,10H2,1-5H3,(H,17,18). The van der Waals surface area contributed by atoms with Gasteiger partial charge in [-0.25, -0.2) is 0 Å². The van der Waals surface area contributed by atoms with Crippen molar-refractivity contribution in [3.05, 3.63) is 34.4 Å². The molecule has 20 heavy (non-hydrogen) atoms. The molecule has 1 amide bonds. The molecule has 0 fully saturated rings. The molecule has 112 valence electrons. The van der Waals surface area contributed by atoms with Crippen molar-refractivity contribution in [3.8, 4) is 0 Å². The molecule has 0 heterocycles. The predicted molar refractivity (Wildman–Crippen MR) is 80.0 cm³/mol. The Labute approximate surface area is 121 Å². The molecule has 0 saturated heterocycles. The number of rotatable bonds is 7. The highest BCUT2D eigenvalue weighted by molar-refractivity contribution is 5.97. The van der Waals surface area contributed by atoms with Gasteiger partial charge in [-0.05, 0) is 45.7 Å². The van der Waals surface area contributed by atoms with Crippen LogP contribution in [0.1, 0.15) is 40.9 Å². The number of hydrogen-bond donors (Lipinski definition) is 1. The number of aryl methyl sites for hydroxylation is 3. The Hall–Kier alpha value is -1.39. The molecule has 1 aromatic rings. The van der Waals surface area contributed by atoms with E-state index in [1.165, 1.54) is 0 Å². The van der Waals surface area contributed by atoms with E-state index in [0.717, 1.165) is 22.3 Å². The van der Waals surface area contributed by atoms with Gasteiger partial charge in [-0.2, -0.15) is 0 Å². The lowest BCUT2D eigenvalue weighted by atomic mass is 9.99. The normalized spacial score (nSPS) is 10.9. The fourth-order valence-electron chi connectivity index (χ4n) is 2.34. The van der Waals surface area contributed by atoms with Crippen LogP contribution >= 0.6 is 0 Å². The van der Waals surface area contributed by atoms with Gasteiger partial charge < -0.3 is 14.8 Å². The fourth-order valence-corrected chi connectivity index (χ4v) is 2.34. The van der Waals surface area contributed by atoms with Gasteiger partial charge in [0.25, 0.3) is 5.91 Å². The first-order valence-corrected chi connectivity index (χ1v) is 7.08. The van der Waals surface area contributed by atoms with Crippen LogP contribution in [0.5, 0.6) is 0 Å². The van der Waals surface area contributed by atoms with Crippen molar-refractivity contribution in [2.75, 3.05) is 19.8 Å². The zero-order chi connectivity index (χ0) is 15.1. The highest BCUT2D eigenvalue weighted by atomic mass is 16.7. The molecule has 0 aliphatic carbocycles. The summed E-state index contributed by atoms with van der Waals surface area (Å²) in [7, 11) is 0. The smallest absolute Gasteiger partial charge is 0.251 e. The molecule has 0 aromatic heterocycles. The van der Waals surface area contributed by atoms with Crippen molar-refractivity contribution in [2.45, 2.75) is 40.9 Å². The molecule has 4 heteroatoms. The third kappa shape index (κ3) is 4.62. The van der Waals surface area contributed by atoms with Crippen LogP contribution in [0.25, 0.3) is 0 Å². The Kier molecular flexibility index (Phi) is 6.68. The molecule has 1 rings (SSSR count). The van der Waals surface area contributed by atoms with Gasteiger partial charge in [-0.15, -0.1) is 0 Å². The van der Waals surface area contributed by atoms with Crippen molar-refractivity contribution >= 4 is 5.91 Å². The average Bonchev–Trinajstić information content (AvgIpc) is 2.35. The van der Waals surface area contributed by atoms with E-state index in [2.05, 4.69) is 5.32 Å². The summed E-state index contributed by atoms with van der Waals surface area (Å²) >= 11 is 0. The molecule has 1 aromatic carbocycles. The van der Waals surface area contributed by atoms with Crippen molar-refractivity contribution in [1.29, 1.82) is 0 Å². The molecular weight excluding hydrogens is 254 g/mol. The summed E-state index contributed by atoms with van der Waals surface area (Å²) in [6.45, 7) is 11.2. The van der Waals surface area contributed by atoms with Crippen LogP contribution in [0.3, 0.4) is 0 Å². The molecule has 0 aliphatic heterocycles. The Bertz CT molecular complexity index is 428. The summed E-state index contributed by atoms with van der Waals surface area (Å²) in [4.78, 5) is 12.3. The molecule has 0 bridgehead atoms. The summed E-state index contributed by atoms with van der Waals surface area (Å²) in [6, 6.07) is 4.04. The second-order valence-corrected chi connectivity index (χ2v) is 4.82. The van der Waals surface area contributed by atoms with E-state index in [-0.39, 0.29) is 12.2 Å². The van der Waals surface area contributed by atoms with E-state index >= 15 is 0 Å². The number of carbonyl (C=O) groups excluding carboxylic acids is 1. The first kappa shape index (κ1) is 16.7. The van der Waals surface area contributed by atoms with Gasteiger partial charge in [0.15, 0.2) is 6.29 Å². The summed E-state index contributed by atoms with van der Waals surface area (Å²) in [6.07, 6.45) is -0.389. The van der Waals surface area contributed by atoms with Gasteiger partial charge in [-0.1, -0.05) is 17.7 Å². The van der Waals surface area contributed by atoms with Gasteiger partial charge >= 0.3 is 0 Å². The van der Waals surface area contributed by atoms with Crippen molar-refractivity contribution in [3.63, 3.8) is 0 Å². The number of nitrogens with one attached hydrogen (secondary N) is 1. The molecule has 0 unspecified atom stereocenters. The minimum absolute atomic E-state index is 0.0793. The number of hydrogen-bond acceptors (Lipinski definition) is 3. The Balaban J connectivity index is 2.71. The molecule has 1 N–H and O–H groups in total. The molecule has 4 nitrogen and oxygen atoms in total. The summed E-state index contributed by atoms with van der Waals surface area (Å²) in [5.74, 6) is -0.0793. The molecule has 0 spiro atoms. The topological polar surface area (TPSA) is 47.6 Å². The maximum absolute atomic E-state index is 12.3. The fraction of sp³-hybridized carbons (Fsp3) is 0.562. The Morgan fingerprint density at radius 2 is 1.60 bits per heavy atom. The maximum Gasteiger partial charge on any atom is 0.251 e. The lowest BCUT2D eigenvalue weighted by molar-refractivity contribution is -0.131. The molecule has 0 atom stereocenters. The van der Waals surface area contributed by atoms with Gasteiger partial charge in [0.05, 0.1) is 6.54 Å². The van der Waals surface area contributed by atoms with Crippen molar-refractivity contribution < 1.29 is 14.3 Å². The van der Waals surface area contributed by atoms with E-state index in [4.69, 9.17) is 9.47 Å². The van der Waals surface area contributed by atoms with Crippen LogP contribution < -0.4 is 5.32 Å². The third-order valence-electron chi connectivity index (χ3n) is 3.04. The van der Waals surface area contributed by atoms with Gasteiger partial charge in [0, 0.05) is 18.8 Å². The van der Waals surface area contributed by atoms with Crippen LogP contribution in [0.15, 0.2) is 12.1 Å². The van der Waals surface area contributed by atoms with Crippen LogP contribution in [-0.4, -0.2) is 32.0 Å². The Morgan fingerprint density at radius 1 is 1.10 bits per heavy atom. The van der Waals surface area contributed by atoms with Crippen LogP contribution in [0.4, 0.5) is 0 Å².